The van der Waals surface area contributed by atoms with Gasteiger partial charge in [0.15, 0.2) is 0 Å². The molecule has 1 aliphatic heterocycles. The van der Waals surface area contributed by atoms with Gasteiger partial charge < -0.3 is 10.4 Å². The zero-order valence-electron chi connectivity index (χ0n) is 10.9. The lowest BCUT2D eigenvalue weighted by molar-refractivity contribution is -0.141. The molecule has 0 spiro atoms. The molecule has 0 saturated carbocycles. The highest BCUT2D eigenvalue weighted by atomic mass is 35.5. The molecular weight excluding hydrogens is 282 g/mol. The van der Waals surface area contributed by atoms with E-state index in [9.17, 15) is 9.90 Å². The maximum Gasteiger partial charge on any atom is 0.252 e. The summed E-state index contributed by atoms with van der Waals surface area (Å²) in [6, 6.07) is 7.23. The van der Waals surface area contributed by atoms with Crippen molar-refractivity contribution in [3.63, 3.8) is 0 Å². The Morgan fingerprint density at radius 3 is 2.79 bits per heavy atom. The molecule has 19 heavy (non-hydrogen) atoms. The Bertz CT molecular complexity index is 461. The minimum atomic E-state index is -1.21. The van der Waals surface area contributed by atoms with E-state index in [2.05, 4.69) is 5.32 Å². The zero-order valence-corrected chi connectivity index (χ0v) is 12.4. The Labute approximate surface area is 122 Å². The van der Waals surface area contributed by atoms with Crippen LogP contribution in [0.2, 0.25) is 5.02 Å². The molecule has 1 fully saturated rings. The molecule has 3 nitrogen and oxygen atoms in total. The van der Waals surface area contributed by atoms with Gasteiger partial charge in [0.2, 0.25) is 0 Å². The quantitative estimate of drug-likeness (QED) is 0.902. The van der Waals surface area contributed by atoms with Gasteiger partial charge >= 0.3 is 0 Å². The smallest absolute Gasteiger partial charge is 0.252 e. The first-order valence-corrected chi connectivity index (χ1v) is 7.91. The van der Waals surface area contributed by atoms with Crippen LogP contribution in [0.15, 0.2) is 24.3 Å². The fraction of sp³-hybridized carbons (Fsp3) is 0.500. The number of carbonyl (C=O) groups excluding carboxylic acids is 1. The fourth-order valence-electron chi connectivity index (χ4n) is 2.13. The summed E-state index contributed by atoms with van der Waals surface area (Å²) >= 11 is 7.71. The van der Waals surface area contributed by atoms with E-state index in [4.69, 9.17) is 11.6 Å². The lowest BCUT2D eigenvalue weighted by Crippen LogP contribution is -2.49. The summed E-state index contributed by atoms with van der Waals surface area (Å²) in [5.41, 5.74) is -0.271. The molecule has 1 aliphatic rings. The third-order valence-corrected chi connectivity index (χ3v) is 4.66. The summed E-state index contributed by atoms with van der Waals surface area (Å²) in [6.45, 7) is 1.89. The fourth-order valence-corrected chi connectivity index (χ4v) is 3.49. The van der Waals surface area contributed by atoms with Crippen molar-refractivity contribution in [1.29, 1.82) is 0 Å². The van der Waals surface area contributed by atoms with Gasteiger partial charge in [0.25, 0.3) is 5.91 Å². The van der Waals surface area contributed by atoms with E-state index in [0.717, 1.165) is 17.1 Å². The molecule has 5 heteroatoms. The predicted molar refractivity (Wildman–Crippen MR) is 79.5 cm³/mol. The van der Waals surface area contributed by atoms with Gasteiger partial charge in [-0.05, 0) is 49.0 Å². The van der Waals surface area contributed by atoms with Crippen molar-refractivity contribution in [2.75, 3.05) is 11.5 Å². The second kappa shape index (κ2) is 6.16. The lowest BCUT2D eigenvalue weighted by Gasteiger charge is -2.31. The van der Waals surface area contributed by atoms with Crippen molar-refractivity contribution >= 4 is 29.3 Å². The van der Waals surface area contributed by atoms with Gasteiger partial charge in [0.05, 0.1) is 6.04 Å². The van der Waals surface area contributed by atoms with Gasteiger partial charge in [-0.2, -0.15) is 11.8 Å². The molecule has 1 aromatic carbocycles. The largest absolute Gasteiger partial charge is 0.380 e. The average Bonchev–Trinajstić information content (AvgIpc) is 2.39. The second-order valence-electron chi connectivity index (χ2n) is 4.89. The summed E-state index contributed by atoms with van der Waals surface area (Å²) in [7, 11) is 0. The van der Waals surface area contributed by atoms with E-state index in [0.29, 0.717) is 17.9 Å². The number of hydrogen-bond acceptors (Lipinski definition) is 3. The van der Waals surface area contributed by atoms with Crippen molar-refractivity contribution in [3.05, 3.63) is 34.9 Å². The maximum atomic E-state index is 12.2. The molecule has 0 aromatic heterocycles. The van der Waals surface area contributed by atoms with Gasteiger partial charge in [-0.15, -0.1) is 0 Å². The minimum absolute atomic E-state index is 0.162. The van der Waals surface area contributed by atoms with Crippen LogP contribution in [0, 0.1) is 0 Å². The van der Waals surface area contributed by atoms with Crippen molar-refractivity contribution < 1.29 is 9.90 Å². The van der Waals surface area contributed by atoms with Crippen LogP contribution in [0.1, 0.15) is 31.4 Å². The number of amides is 1. The van der Waals surface area contributed by atoms with Gasteiger partial charge in [0, 0.05) is 5.02 Å². The van der Waals surface area contributed by atoms with E-state index in [-0.39, 0.29) is 11.9 Å². The summed E-state index contributed by atoms with van der Waals surface area (Å²) in [4.78, 5) is 12.2. The molecule has 1 heterocycles. The molecule has 1 atom stereocenters. The van der Waals surface area contributed by atoms with Gasteiger partial charge in [-0.25, -0.2) is 0 Å². The van der Waals surface area contributed by atoms with E-state index in [1.807, 2.05) is 25.1 Å². The van der Waals surface area contributed by atoms with E-state index >= 15 is 0 Å². The first-order chi connectivity index (χ1) is 9.01. The summed E-state index contributed by atoms with van der Waals surface area (Å²) in [6.07, 6.45) is 1.04. The number of nitrogens with one attached hydrogen (secondary N) is 1. The van der Waals surface area contributed by atoms with Crippen LogP contribution in [0.25, 0.3) is 0 Å². The van der Waals surface area contributed by atoms with Crippen LogP contribution in [-0.2, 0) is 4.79 Å². The Hall–Kier alpha value is -0.710. The lowest BCUT2D eigenvalue weighted by atomic mass is 9.95. The number of halogens is 1. The molecule has 1 amide bonds. The highest BCUT2D eigenvalue weighted by molar-refractivity contribution is 7.99. The second-order valence-corrected chi connectivity index (χ2v) is 6.56. The highest BCUT2D eigenvalue weighted by Gasteiger charge is 2.37. The topological polar surface area (TPSA) is 49.3 Å². The molecule has 1 unspecified atom stereocenters. The molecular formula is C14H18ClNO2S. The number of thioether (sulfide) groups is 1. The molecule has 0 bridgehead atoms. The summed E-state index contributed by atoms with van der Waals surface area (Å²) < 4.78 is 0. The molecule has 1 saturated heterocycles. The third kappa shape index (κ3) is 3.65. The summed E-state index contributed by atoms with van der Waals surface area (Å²) in [5.74, 6) is 1.38. The Morgan fingerprint density at radius 1 is 1.47 bits per heavy atom. The van der Waals surface area contributed by atoms with Crippen LogP contribution in [0.4, 0.5) is 0 Å². The number of aliphatic hydroxyl groups is 1. The molecule has 2 N–H and O–H groups in total. The minimum Gasteiger partial charge on any atom is -0.380 e. The number of rotatable bonds is 3. The van der Waals surface area contributed by atoms with Crippen LogP contribution < -0.4 is 5.32 Å². The zero-order chi connectivity index (χ0) is 13.9. The van der Waals surface area contributed by atoms with Crippen LogP contribution in [-0.4, -0.2) is 28.1 Å². The Morgan fingerprint density at radius 2 is 2.16 bits per heavy atom. The first kappa shape index (κ1) is 14.7. The molecule has 0 radical (unpaired) electrons. The van der Waals surface area contributed by atoms with Crippen molar-refractivity contribution in [1.82, 2.24) is 5.32 Å². The molecule has 2 rings (SSSR count). The SMILES string of the molecule is CC(NC(=O)C1(O)CCSCC1)c1cccc(Cl)c1. The molecule has 0 aliphatic carbocycles. The molecule has 104 valence electrons. The highest BCUT2D eigenvalue weighted by Crippen LogP contribution is 2.28. The van der Waals surface area contributed by atoms with Crippen LogP contribution in [0.3, 0.4) is 0 Å². The van der Waals surface area contributed by atoms with Crippen LogP contribution >= 0.6 is 23.4 Å². The Kier molecular flexibility index (Phi) is 4.76. The number of hydrogen-bond donors (Lipinski definition) is 2. The number of carbonyl (C=O) groups is 1. The third-order valence-electron chi connectivity index (χ3n) is 3.44. The van der Waals surface area contributed by atoms with Gasteiger partial charge in [0.1, 0.15) is 5.60 Å². The van der Waals surface area contributed by atoms with E-state index in [1.54, 1.807) is 17.8 Å². The van der Waals surface area contributed by atoms with Crippen LogP contribution in [0.5, 0.6) is 0 Å². The standard InChI is InChI=1S/C14H18ClNO2S/c1-10(11-3-2-4-12(15)9-11)16-13(17)14(18)5-7-19-8-6-14/h2-4,9-10,18H,5-8H2,1H3,(H,16,17). The number of benzene rings is 1. The van der Waals surface area contributed by atoms with Gasteiger partial charge in [-0.3, -0.25) is 4.79 Å². The average molecular weight is 300 g/mol. The van der Waals surface area contributed by atoms with Gasteiger partial charge in [-0.1, -0.05) is 23.7 Å². The predicted octanol–water partition coefficient (Wildman–Crippen LogP) is 2.78. The normalized spacial score (nSPS) is 19.7. The Balaban J connectivity index is 2.02. The van der Waals surface area contributed by atoms with E-state index < -0.39 is 5.60 Å². The summed E-state index contributed by atoms with van der Waals surface area (Å²) in [5, 5.41) is 13.9. The maximum absolute atomic E-state index is 12.2. The molecule has 1 aromatic rings. The van der Waals surface area contributed by atoms with Crippen molar-refractivity contribution in [2.24, 2.45) is 0 Å². The van der Waals surface area contributed by atoms with E-state index in [1.165, 1.54) is 0 Å². The first-order valence-electron chi connectivity index (χ1n) is 6.38. The van der Waals surface area contributed by atoms with Crippen molar-refractivity contribution in [2.45, 2.75) is 31.4 Å². The van der Waals surface area contributed by atoms with Crippen molar-refractivity contribution in [3.8, 4) is 0 Å². The monoisotopic (exact) mass is 299 g/mol.